The van der Waals surface area contributed by atoms with Crippen molar-refractivity contribution in [3.05, 3.63) is 36.4 Å². The summed E-state index contributed by atoms with van der Waals surface area (Å²) in [6.45, 7) is 2.55. The van der Waals surface area contributed by atoms with Crippen LogP contribution in [0.15, 0.2) is 36.4 Å². The lowest BCUT2D eigenvalue weighted by molar-refractivity contribution is 0.338. The molecule has 0 aliphatic rings. The van der Waals surface area contributed by atoms with E-state index in [1.807, 2.05) is 25.1 Å². The molecule has 0 unspecified atom stereocenters. The number of nitrogens with zero attached hydrogens (tertiary/aromatic N) is 2. The van der Waals surface area contributed by atoms with Gasteiger partial charge in [0.1, 0.15) is 17.3 Å². The SMILES string of the molecule is CCOc1cccc(Oc2ccc(N)nn2)c1. The fourth-order valence-electron chi connectivity index (χ4n) is 1.30. The van der Waals surface area contributed by atoms with Crippen molar-refractivity contribution in [2.75, 3.05) is 12.3 Å². The highest BCUT2D eigenvalue weighted by Gasteiger charge is 2.01. The Morgan fingerprint density at radius 3 is 2.65 bits per heavy atom. The number of hydrogen-bond acceptors (Lipinski definition) is 5. The van der Waals surface area contributed by atoms with E-state index in [4.69, 9.17) is 15.2 Å². The lowest BCUT2D eigenvalue weighted by Gasteiger charge is -2.06. The van der Waals surface area contributed by atoms with E-state index in [-0.39, 0.29) is 0 Å². The van der Waals surface area contributed by atoms with Gasteiger partial charge in [0.05, 0.1) is 6.61 Å². The zero-order valence-electron chi connectivity index (χ0n) is 9.46. The number of anilines is 1. The van der Waals surface area contributed by atoms with Crippen LogP contribution < -0.4 is 15.2 Å². The first-order chi connectivity index (χ1) is 8.28. The zero-order valence-corrected chi connectivity index (χ0v) is 9.46. The minimum atomic E-state index is 0.361. The fraction of sp³-hybridized carbons (Fsp3) is 0.167. The standard InChI is InChI=1S/C12H13N3O2/c1-2-16-9-4-3-5-10(8-9)17-12-7-6-11(13)14-15-12/h3-8H,2H2,1H3,(H2,13,14). The fourth-order valence-corrected chi connectivity index (χ4v) is 1.30. The molecule has 0 aliphatic carbocycles. The van der Waals surface area contributed by atoms with Crippen molar-refractivity contribution in [1.82, 2.24) is 10.2 Å². The Balaban J connectivity index is 2.12. The molecule has 1 heterocycles. The van der Waals surface area contributed by atoms with Gasteiger partial charge in [-0.15, -0.1) is 10.2 Å². The first-order valence-corrected chi connectivity index (χ1v) is 5.28. The summed E-state index contributed by atoms with van der Waals surface area (Å²) in [7, 11) is 0. The van der Waals surface area contributed by atoms with Gasteiger partial charge in [0, 0.05) is 12.1 Å². The molecule has 1 aromatic carbocycles. The van der Waals surface area contributed by atoms with Crippen molar-refractivity contribution in [3.8, 4) is 17.4 Å². The van der Waals surface area contributed by atoms with Gasteiger partial charge in [-0.1, -0.05) is 6.07 Å². The van der Waals surface area contributed by atoms with Gasteiger partial charge < -0.3 is 15.2 Å². The number of ether oxygens (including phenoxy) is 2. The molecule has 0 bridgehead atoms. The maximum atomic E-state index is 5.51. The minimum Gasteiger partial charge on any atom is -0.494 e. The summed E-state index contributed by atoms with van der Waals surface area (Å²) >= 11 is 0. The summed E-state index contributed by atoms with van der Waals surface area (Å²) in [4.78, 5) is 0. The van der Waals surface area contributed by atoms with E-state index in [0.717, 1.165) is 5.75 Å². The van der Waals surface area contributed by atoms with Crippen LogP contribution in [-0.2, 0) is 0 Å². The Labute approximate surface area is 99.2 Å². The lowest BCUT2D eigenvalue weighted by atomic mass is 10.3. The molecule has 5 nitrogen and oxygen atoms in total. The molecular formula is C12H13N3O2. The van der Waals surface area contributed by atoms with Crippen molar-refractivity contribution >= 4 is 5.82 Å². The van der Waals surface area contributed by atoms with Gasteiger partial charge in [-0.25, -0.2) is 0 Å². The van der Waals surface area contributed by atoms with Gasteiger partial charge in [0.15, 0.2) is 0 Å². The van der Waals surface area contributed by atoms with Crippen molar-refractivity contribution in [2.24, 2.45) is 0 Å². The number of benzene rings is 1. The van der Waals surface area contributed by atoms with Crippen LogP contribution in [0.25, 0.3) is 0 Å². The molecule has 0 aliphatic heterocycles. The molecule has 0 saturated carbocycles. The molecule has 0 amide bonds. The highest BCUT2D eigenvalue weighted by molar-refractivity contribution is 5.36. The monoisotopic (exact) mass is 231 g/mol. The normalized spacial score (nSPS) is 9.94. The van der Waals surface area contributed by atoms with E-state index in [9.17, 15) is 0 Å². The van der Waals surface area contributed by atoms with Crippen molar-refractivity contribution in [1.29, 1.82) is 0 Å². The second kappa shape index (κ2) is 5.16. The highest BCUT2D eigenvalue weighted by atomic mass is 16.5. The second-order valence-electron chi connectivity index (χ2n) is 3.31. The maximum absolute atomic E-state index is 5.51. The zero-order chi connectivity index (χ0) is 12.1. The van der Waals surface area contributed by atoms with Gasteiger partial charge in [0.2, 0.25) is 5.88 Å². The van der Waals surface area contributed by atoms with Crippen molar-refractivity contribution in [2.45, 2.75) is 6.92 Å². The molecule has 2 N–H and O–H groups in total. The number of nitrogen functional groups attached to an aromatic ring is 1. The van der Waals surface area contributed by atoms with Crippen LogP contribution in [0.1, 0.15) is 6.92 Å². The smallest absolute Gasteiger partial charge is 0.238 e. The predicted molar refractivity (Wildman–Crippen MR) is 64.1 cm³/mol. The van der Waals surface area contributed by atoms with Crippen LogP contribution >= 0.6 is 0 Å². The third-order valence-electron chi connectivity index (χ3n) is 2.00. The van der Waals surface area contributed by atoms with Gasteiger partial charge in [0.25, 0.3) is 0 Å². The summed E-state index contributed by atoms with van der Waals surface area (Å²) in [5.41, 5.74) is 5.43. The third kappa shape index (κ3) is 3.07. The first-order valence-electron chi connectivity index (χ1n) is 5.28. The Kier molecular flexibility index (Phi) is 3.40. The Morgan fingerprint density at radius 2 is 1.94 bits per heavy atom. The minimum absolute atomic E-state index is 0.361. The van der Waals surface area contributed by atoms with E-state index in [1.54, 1.807) is 18.2 Å². The number of rotatable bonds is 4. The van der Waals surface area contributed by atoms with Crippen LogP contribution in [0.4, 0.5) is 5.82 Å². The maximum Gasteiger partial charge on any atom is 0.238 e. The number of nitrogens with two attached hydrogens (primary N) is 1. The summed E-state index contributed by atoms with van der Waals surface area (Å²) in [6, 6.07) is 10.6. The van der Waals surface area contributed by atoms with Gasteiger partial charge in [-0.3, -0.25) is 0 Å². The molecule has 2 aromatic rings. The molecular weight excluding hydrogens is 218 g/mol. The van der Waals surface area contributed by atoms with Crippen LogP contribution in [-0.4, -0.2) is 16.8 Å². The predicted octanol–water partition coefficient (Wildman–Crippen LogP) is 2.25. The third-order valence-corrected chi connectivity index (χ3v) is 2.00. The van der Waals surface area contributed by atoms with Crippen molar-refractivity contribution < 1.29 is 9.47 Å². The molecule has 0 spiro atoms. The van der Waals surface area contributed by atoms with Crippen LogP contribution in [0.5, 0.6) is 17.4 Å². The Morgan fingerprint density at radius 1 is 1.12 bits per heavy atom. The second-order valence-corrected chi connectivity index (χ2v) is 3.31. The van der Waals surface area contributed by atoms with E-state index < -0.39 is 0 Å². The molecule has 17 heavy (non-hydrogen) atoms. The quantitative estimate of drug-likeness (QED) is 0.873. The van der Waals surface area contributed by atoms with Crippen LogP contribution in [0, 0.1) is 0 Å². The van der Waals surface area contributed by atoms with E-state index in [0.29, 0.717) is 24.1 Å². The van der Waals surface area contributed by atoms with E-state index >= 15 is 0 Å². The molecule has 2 rings (SSSR count). The number of hydrogen-bond donors (Lipinski definition) is 1. The van der Waals surface area contributed by atoms with Gasteiger partial charge >= 0.3 is 0 Å². The van der Waals surface area contributed by atoms with Gasteiger partial charge in [-0.2, -0.15) is 0 Å². The van der Waals surface area contributed by atoms with E-state index in [2.05, 4.69) is 10.2 Å². The average molecular weight is 231 g/mol. The molecule has 0 saturated heterocycles. The highest BCUT2D eigenvalue weighted by Crippen LogP contribution is 2.23. The molecule has 0 fully saturated rings. The molecule has 1 aromatic heterocycles. The molecule has 5 heteroatoms. The summed E-state index contributed by atoms with van der Waals surface area (Å²) in [5.74, 6) is 2.16. The molecule has 0 radical (unpaired) electrons. The van der Waals surface area contributed by atoms with E-state index in [1.165, 1.54) is 0 Å². The Bertz CT molecular complexity index is 485. The summed E-state index contributed by atoms with van der Waals surface area (Å²) in [6.07, 6.45) is 0. The lowest BCUT2D eigenvalue weighted by Crippen LogP contribution is -1.95. The largest absolute Gasteiger partial charge is 0.494 e. The summed E-state index contributed by atoms with van der Waals surface area (Å²) in [5, 5.41) is 7.52. The van der Waals surface area contributed by atoms with Crippen LogP contribution in [0.2, 0.25) is 0 Å². The van der Waals surface area contributed by atoms with Crippen molar-refractivity contribution in [3.63, 3.8) is 0 Å². The Hall–Kier alpha value is -2.30. The summed E-state index contributed by atoms with van der Waals surface area (Å²) < 4.78 is 10.9. The topological polar surface area (TPSA) is 70.3 Å². The molecule has 88 valence electrons. The van der Waals surface area contributed by atoms with Gasteiger partial charge in [-0.05, 0) is 25.1 Å². The number of aromatic nitrogens is 2. The molecule has 0 atom stereocenters. The average Bonchev–Trinajstić information content (AvgIpc) is 2.33. The van der Waals surface area contributed by atoms with Crippen LogP contribution in [0.3, 0.4) is 0 Å². The first kappa shape index (κ1) is 11.2.